The predicted octanol–water partition coefficient (Wildman–Crippen LogP) is 2.60. The number of rotatable bonds is 4. The van der Waals surface area contributed by atoms with Crippen LogP contribution in [0, 0.1) is 0 Å². The SMILES string of the molecule is CC(C)(C)NCCc1ncc(-c2ccoc2)[nH]1. The number of H-pyrrole nitrogens is 1. The van der Waals surface area contributed by atoms with Crippen molar-refractivity contribution >= 4 is 0 Å². The largest absolute Gasteiger partial charge is 0.472 e. The fraction of sp³-hybridized carbons (Fsp3) is 0.462. The lowest BCUT2D eigenvalue weighted by atomic mass is 10.1. The second kappa shape index (κ2) is 4.75. The van der Waals surface area contributed by atoms with Crippen LogP contribution in [0.1, 0.15) is 26.6 Å². The molecule has 0 fully saturated rings. The number of imidazole rings is 1. The highest BCUT2D eigenvalue weighted by Gasteiger charge is 2.09. The van der Waals surface area contributed by atoms with Crippen molar-refractivity contribution in [3.05, 3.63) is 30.6 Å². The zero-order valence-electron chi connectivity index (χ0n) is 10.6. The van der Waals surface area contributed by atoms with Crippen LogP contribution in [0.2, 0.25) is 0 Å². The molecule has 0 spiro atoms. The van der Waals surface area contributed by atoms with E-state index in [-0.39, 0.29) is 5.54 Å². The third-order valence-corrected chi connectivity index (χ3v) is 2.48. The first kappa shape index (κ1) is 11.9. The number of nitrogens with zero attached hydrogens (tertiary/aromatic N) is 1. The minimum absolute atomic E-state index is 0.153. The van der Waals surface area contributed by atoms with Crippen LogP contribution >= 0.6 is 0 Å². The topological polar surface area (TPSA) is 53.9 Å². The van der Waals surface area contributed by atoms with Gasteiger partial charge in [-0.25, -0.2) is 4.98 Å². The van der Waals surface area contributed by atoms with Crippen molar-refractivity contribution in [3.8, 4) is 11.3 Å². The summed E-state index contributed by atoms with van der Waals surface area (Å²) in [5.74, 6) is 0.998. The molecule has 2 rings (SSSR count). The molecule has 4 nitrogen and oxygen atoms in total. The Morgan fingerprint density at radius 3 is 2.88 bits per heavy atom. The molecule has 0 saturated heterocycles. The molecule has 0 aromatic carbocycles. The summed E-state index contributed by atoms with van der Waals surface area (Å²) in [6.07, 6.45) is 6.12. The number of nitrogens with one attached hydrogen (secondary N) is 2. The summed E-state index contributed by atoms with van der Waals surface area (Å²) in [6.45, 7) is 7.39. The Kier molecular flexibility index (Phi) is 3.33. The van der Waals surface area contributed by atoms with Gasteiger partial charge in [-0.15, -0.1) is 0 Å². The summed E-state index contributed by atoms with van der Waals surface area (Å²) in [6, 6.07) is 1.92. The van der Waals surface area contributed by atoms with Crippen LogP contribution in [0.3, 0.4) is 0 Å². The second-order valence-corrected chi connectivity index (χ2v) is 5.18. The van der Waals surface area contributed by atoms with Crippen molar-refractivity contribution in [2.24, 2.45) is 0 Å². The Hall–Kier alpha value is -1.55. The third-order valence-electron chi connectivity index (χ3n) is 2.48. The summed E-state index contributed by atoms with van der Waals surface area (Å²) in [5, 5.41) is 3.44. The molecule has 17 heavy (non-hydrogen) atoms. The predicted molar refractivity (Wildman–Crippen MR) is 67.7 cm³/mol. The van der Waals surface area contributed by atoms with Gasteiger partial charge in [-0.3, -0.25) is 0 Å². The molecule has 0 atom stereocenters. The molecular formula is C13H19N3O. The Labute approximate surface area is 101 Å². The van der Waals surface area contributed by atoms with Crippen LogP contribution in [0.5, 0.6) is 0 Å². The van der Waals surface area contributed by atoms with E-state index in [2.05, 4.69) is 36.1 Å². The maximum atomic E-state index is 5.04. The summed E-state index contributed by atoms with van der Waals surface area (Å²) < 4.78 is 5.04. The number of aromatic nitrogens is 2. The number of aromatic amines is 1. The van der Waals surface area contributed by atoms with E-state index in [1.54, 1.807) is 12.5 Å². The second-order valence-electron chi connectivity index (χ2n) is 5.18. The first-order valence-corrected chi connectivity index (χ1v) is 5.86. The molecule has 2 aromatic rings. The van der Waals surface area contributed by atoms with E-state index < -0.39 is 0 Å². The van der Waals surface area contributed by atoms with Gasteiger partial charge in [0.05, 0.1) is 24.4 Å². The lowest BCUT2D eigenvalue weighted by molar-refractivity contribution is 0.427. The lowest BCUT2D eigenvalue weighted by Crippen LogP contribution is -2.37. The molecule has 0 unspecified atom stereocenters. The van der Waals surface area contributed by atoms with Gasteiger partial charge in [0, 0.05) is 24.1 Å². The molecule has 4 heteroatoms. The fourth-order valence-corrected chi connectivity index (χ4v) is 1.61. The van der Waals surface area contributed by atoms with Crippen molar-refractivity contribution < 1.29 is 4.42 Å². The Balaban J connectivity index is 1.91. The standard InChI is InChI=1S/C13H19N3O/c1-13(2,3)15-6-4-12-14-8-11(16-12)10-5-7-17-9-10/h5,7-9,15H,4,6H2,1-3H3,(H,14,16). The van der Waals surface area contributed by atoms with E-state index >= 15 is 0 Å². The van der Waals surface area contributed by atoms with Crippen molar-refractivity contribution in [1.82, 2.24) is 15.3 Å². The van der Waals surface area contributed by atoms with E-state index in [4.69, 9.17) is 4.42 Å². The summed E-state index contributed by atoms with van der Waals surface area (Å²) in [5.41, 5.74) is 2.19. The highest BCUT2D eigenvalue weighted by molar-refractivity contribution is 5.56. The van der Waals surface area contributed by atoms with Gasteiger partial charge in [-0.1, -0.05) is 0 Å². The third kappa shape index (κ3) is 3.46. The molecule has 0 amide bonds. The minimum atomic E-state index is 0.153. The first-order valence-electron chi connectivity index (χ1n) is 5.86. The number of furan rings is 1. The molecule has 92 valence electrons. The normalized spacial score (nSPS) is 11.9. The zero-order chi connectivity index (χ0) is 12.3. The Morgan fingerprint density at radius 1 is 1.41 bits per heavy atom. The van der Waals surface area contributed by atoms with Crippen molar-refractivity contribution in [1.29, 1.82) is 0 Å². The van der Waals surface area contributed by atoms with Gasteiger partial charge < -0.3 is 14.7 Å². The summed E-state index contributed by atoms with van der Waals surface area (Å²) in [7, 11) is 0. The van der Waals surface area contributed by atoms with Crippen LogP contribution in [-0.4, -0.2) is 22.1 Å². The van der Waals surface area contributed by atoms with Crippen molar-refractivity contribution in [2.45, 2.75) is 32.7 Å². The van der Waals surface area contributed by atoms with Crippen LogP contribution in [0.25, 0.3) is 11.3 Å². The molecular weight excluding hydrogens is 214 g/mol. The molecule has 0 aliphatic rings. The van der Waals surface area contributed by atoms with Gasteiger partial charge in [0.25, 0.3) is 0 Å². The summed E-state index contributed by atoms with van der Waals surface area (Å²) in [4.78, 5) is 7.65. The van der Waals surface area contributed by atoms with Crippen LogP contribution in [0.15, 0.2) is 29.2 Å². The molecule has 0 aliphatic heterocycles. The smallest absolute Gasteiger partial charge is 0.107 e. The molecule has 0 radical (unpaired) electrons. The average molecular weight is 233 g/mol. The zero-order valence-corrected chi connectivity index (χ0v) is 10.6. The van der Waals surface area contributed by atoms with E-state index in [1.165, 1.54) is 0 Å². The molecule has 0 saturated carbocycles. The number of hydrogen-bond donors (Lipinski definition) is 2. The van der Waals surface area contributed by atoms with E-state index in [0.717, 1.165) is 30.0 Å². The molecule has 0 bridgehead atoms. The highest BCUT2D eigenvalue weighted by Crippen LogP contribution is 2.16. The Bertz CT molecular complexity index is 451. The maximum absolute atomic E-state index is 5.04. The van der Waals surface area contributed by atoms with Crippen LogP contribution in [-0.2, 0) is 6.42 Å². The monoisotopic (exact) mass is 233 g/mol. The van der Waals surface area contributed by atoms with Gasteiger partial charge in [-0.05, 0) is 26.8 Å². The van der Waals surface area contributed by atoms with Crippen molar-refractivity contribution in [3.63, 3.8) is 0 Å². The maximum Gasteiger partial charge on any atom is 0.107 e. The van der Waals surface area contributed by atoms with E-state index in [0.29, 0.717) is 0 Å². The minimum Gasteiger partial charge on any atom is -0.472 e. The molecule has 0 aliphatic carbocycles. The Morgan fingerprint density at radius 2 is 2.24 bits per heavy atom. The average Bonchev–Trinajstić information content (AvgIpc) is 2.83. The van der Waals surface area contributed by atoms with Crippen LogP contribution < -0.4 is 5.32 Å². The summed E-state index contributed by atoms with van der Waals surface area (Å²) >= 11 is 0. The quantitative estimate of drug-likeness (QED) is 0.853. The van der Waals surface area contributed by atoms with Crippen molar-refractivity contribution in [2.75, 3.05) is 6.54 Å². The highest BCUT2D eigenvalue weighted by atomic mass is 16.3. The van der Waals surface area contributed by atoms with E-state index in [9.17, 15) is 0 Å². The molecule has 2 heterocycles. The molecule has 2 N–H and O–H groups in total. The lowest BCUT2D eigenvalue weighted by Gasteiger charge is -2.19. The van der Waals surface area contributed by atoms with Gasteiger partial charge >= 0.3 is 0 Å². The number of hydrogen-bond acceptors (Lipinski definition) is 3. The van der Waals surface area contributed by atoms with Gasteiger partial charge in [0.1, 0.15) is 5.82 Å². The van der Waals surface area contributed by atoms with Crippen LogP contribution in [0.4, 0.5) is 0 Å². The van der Waals surface area contributed by atoms with Gasteiger partial charge in [0.2, 0.25) is 0 Å². The molecule has 2 aromatic heterocycles. The van der Waals surface area contributed by atoms with Gasteiger partial charge in [0.15, 0.2) is 0 Å². The fourth-order valence-electron chi connectivity index (χ4n) is 1.61. The van der Waals surface area contributed by atoms with E-state index in [1.807, 2.05) is 12.3 Å². The van der Waals surface area contributed by atoms with Gasteiger partial charge in [-0.2, -0.15) is 0 Å². The first-order chi connectivity index (χ1) is 8.04.